The van der Waals surface area contributed by atoms with Gasteiger partial charge in [0.15, 0.2) is 22.3 Å². The van der Waals surface area contributed by atoms with Crippen LogP contribution in [0, 0.1) is 5.92 Å². The van der Waals surface area contributed by atoms with E-state index >= 15 is 0 Å². The van der Waals surface area contributed by atoms with Crippen LogP contribution < -0.4 is 14.8 Å². The van der Waals surface area contributed by atoms with Gasteiger partial charge >= 0.3 is 6.36 Å². The fourth-order valence-electron chi connectivity index (χ4n) is 3.97. The topological polar surface area (TPSA) is 106 Å². The zero-order valence-electron chi connectivity index (χ0n) is 20.8. The van der Waals surface area contributed by atoms with Gasteiger partial charge in [0.2, 0.25) is 5.91 Å². The van der Waals surface area contributed by atoms with Gasteiger partial charge in [-0.1, -0.05) is 30.7 Å². The lowest BCUT2D eigenvalue weighted by molar-refractivity contribution is -0.275. The van der Waals surface area contributed by atoms with Crippen LogP contribution in [-0.2, 0) is 11.3 Å². The molecule has 2 heterocycles. The van der Waals surface area contributed by atoms with Gasteiger partial charge in [0, 0.05) is 23.6 Å². The van der Waals surface area contributed by atoms with E-state index in [2.05, 4.69) is 25.4 Å². The summed E-state index contributed by atoms with van der Waals surface area (Å²) in [5.74, 6) is -1.54. The molecule has 1 aliphatic heterocycles. The van der Waals surface area contributed by atoms with E-state index in [0.29, 0.717) is 23.4 Å². The Bertz CT molecular complexity index is 1380. The Morgan fingerprint density at radius 1 is 1.10 bits per heavy atom. The van der Waals surface area contributed by atoms with E-state index in [-0.39, 0.29) is 41.4 Å². The Labute approximate surface area is 226 Å². The van der Waals surface area contributed by atoms with Crippen LogP contribution in [0.1, 0.15) is 41.4 Å². The third-order valence-electron chi connectivity index (χ3n) is 5.91. The molecule has 1 atom stereocenters. The van der Waals surface area contributed by atoms with E-state index in [1.165, 1.54) is 36.4 Å². The summed E-state index contributed by atoms with van der Waals surface area (Å²) in [5, 5.41) is 16.0. The summed E-state index contributed by atoms with van der Waals surface area (Å²) < 4.78 is 47.9. The minimum absolute atomic E-state index is 0.0799. The molecule has 0 aliphatic carbocycles. The summed E-state index contributed by atoms with van der Waals surface area (Å²) in [6, 6.07) is 13.8. The van der Waals surface area contributed by atoms with Gasteiger partial charge in [-0.15, -0.1) is 23.4 Å². The van der Waals surface area contributed by atoms with Crippen molar-refractivity contribution < 1.29 is 32.2 Å². The number of aromatic nitrogens is 2. The number of methoxy groups -OCH3 is 1. The number of hydrogen-bond donors (Lipinski definition) is 1. The molecule has 0 radical (unpaired) electrons. The molecule has 0 bridgehead atoms. The van der Waals surface area contributed by atoms with Gasteiger partial charge in [0.25, 0.3) is 5.91 Å². The lowest BCUT2D eigenvalue weighted by atomic mass is 9.89. The highest BCUT2D eigenvalue weighted by Gasteiger charge is 2.34. The maximum Gasteiger partial charge on any atom is 0.573 e. The van der Waals surface area contributed by atoms with Crippen LogP contribution in [-0.4, -0.2) is 46.2 Å². The number of nitrogens with zero attached hydrogens (tertiary/aromatic N) is 4. The van der Waals surface area contributed by atoms with E-state index in [1.54, 1.807) is 30.3 Å². The number of alkyl halides is 3. The Balaban J connectivity index is 1.53. The quantitative estimate of drug-likeness (QED) is 0.392. The average molecular weight is 562 g/mol. The molecule has 0 saturated heterocycles. The minimum Gasteiger partial charge on any atom is -0.493 e. The van der Waals surface area contributed by atoms with Crippen molar-refractivity contribution in [2.24, 2.45) is 11.0 Å². The van der Waals surface area contributed by atoms with Crippen LogP contribution in [0.4, 0.5) is 18.9 Å². The second-order valence-electron chi connectivity index (χ2n) is 8.55. The highest BCUT2D eigenvalue weighted by molar-refractivity contribution is 6.29. The summed E-state index contributed by atoms with van der Waals surface area (Å²) >= 11 is 5.69. The molecule has 2 aromatic carbocycles. The van der Waals surface area contributed by atoms with Crippen molar-refractivity contribution in [3.05, 3.63) is 76.6 Å². The number of rotatable bonds is 8. The maximum absolute atomic E-state index is 12.9. The molecule has 39 heavy (non-hydrogen) atoms. The first-order valence-electron chi connectivity index (χ1n) is 11.8. The molecule has 9 nitrogen and oxygen atoms in total. The lowest BCUT2D eigenvalue weighted by Crippen LogP contribution is -2.36. The van der Waals surface area contributed by atoms with Crippen molar-refractivity contribution in [1.82, 2.24) is 15.2 Å². The normalized spacial score (nSPS) is 15.5. The number of hydrogen-bond acceptors (Lipinski definition) is 7. The first-order chi connectivity index (χ1) is 18.6. The highest BCUT2D eigenvalue weighted by atomic mass is 35.5. The first-order valence-corrected chi connectivity index (χ1v) is 12.2. The van der Waals surface area contributed by atoms with Gasteiger partial charge < -0.3 is 14.8 Å². The Kier molecular flexibility index (Phi) is 8.34. The summed E-state index contributed by atoms with van der Waals surface area (Å²) in [5.41, 5.74) is 2.18. The van der Waals surface area contributed by atoms with Crippen LogP contribution in [0.15, 0.2) is 59.7 Å². The van der Waals surface area contributed by atoms with E-state index < -0.39 is 18.0 Å². The number of ether oxygens (including phenoxy) is 2. The van der Waals surface area contributed by atoms with Gasteiger partial charge in [-0.25, -0.2) is 5.01 Å². The molecule has 2 amide bonds. The van der Waals surface area contributed by atoms with Gasteiger partial charge in [0.1, 0.15) is 0 Å². The van der Waals surface area contributed by atoms with E-state index in [4.69, 9.17) is 16.3 Å². The zero-order chi connectivity index (χ0) is 28.2. The average Bonchev–Trinajstić information content (AvgIpc) is 2.90. The largest absolute Gasteiger partial charge is 0.573 e. The second kappa shape index (κ2) is 11.7. The lowest BCUT2D eigenvalue weighted by Gasteiger charge is -2.29. The Morgan fingerprint density at radius 3 is 2.46 bits per heavy atom. The summed E-state index contributed by atoms with van der Waals surface area (Å²) in [4.78, 5) is 25.2. The maximum atomic E-state index is 12.9. The molecule has 204 valence electrons. The standard InChI is InChI=1S/C26H23ClF3N5O4/c1-3-16-13-23(36)35(34-24(16)17-6-10-20(38-2)21(12-17)39-26(28,29)30)14-15-4-7-18(8-5-15)31-25(37)19-9-11-22(27)33-32-19/h4-12,16H,3,13-14H2,1-2H3,(H,31,37). The summed E-state index contributed by atoms with van der Waals surface area (Å²) in [6.45, 7) is 2.00. The second-order valence-corrected chi connectivity index (χ2v) is 8.94. The molecular weight excluding hydrogens is 539 g/mol. The number of carbonyl (C=O) groups excluding carboxylic acids is 2. The van der Waals surface area contributed by atoms with Crippen molar-refractivity contribution in [2.45, 2.75) is 32.7 Å². The molecule has 0 fully saturated rings. The number of hydrazone groups is 1. The third kappa shape index (κ3) is 7.02. The smallest absolute Gasteiger partial charge is 0.493 e. The molecule has 1 unspecified atom stereocenters. The fourth-order valence-corrected chi connectivity index (χ4v) is 4.07. The number of carbonyl (C=O) groups is 2. The van der Waals surface area contributed by atoms with E-state index in [1.807, 2.05) is 6.92 Å². The van der Waals surface area contributed by atoms with Crippen molar-refractivity contribution in [3.8, 4) is 11.5 Å². The van der Waals surface area contributed by atoms with Crippen molar-refractivity contribution in [1.29, 1.82) is 0 Å². The van der Waals surface area contributed by atoms with Crippen molar-refractivity contribution >= 4 is 34.8 Å². The van der Waals surface area contributed by atoms with E-state index in [0.717, 1.165) is 5.56 Å². The molecule has 1 N–H and O–H groups in total. The number of amides is 2. The fraction of sp³-hybridized carbons (Fsp3) is 0.269. The van der Waals surface area contributed by atoms with Crippen molar-refractivity contribution in [2.75, 3.05) is 12.4 Å². The monoisotopic (exact) mass is 561 g/mol. The van der Waals surface area contributed by atoms with Crippen LogP contribution in [0.25, 0.3) is 0 Å². The van der Waals surface area contributed by atoms with Crippen LogP contribution in [0.3, 0.4) is 0 Å². The molecule has 13 heteroatoms. The first kappa shape index (κ1) is 27.8. The minimum atomic E-state index is -4.90. The summed E-state index contributed by atoms with van der Waals surface area (Å²) in [6.07, 6.45) is -4.19. The predicted molar refractivity (Wildman–Crippen MR) is 137 cm³/mol. The summed E-state index contributed by atoms with van der Waals surface area (Å²) in [7, 11) is 1.24. The molecule has 0 spiro atoms. The van der Waals surface area contributed by atoms with Crippen LogP contribution in [0.2, 0.25) is 5.15 Å². The number of halogens is 4. The highest BCUT2D eigenvalue weighted by Crippen LogP contribution is 2.35. The molecule has 1 aromatic heterocycles. The molecule has 0 saturated carbocycles. The predicted octanol–water partition coefficient (Wildman–Crippen LogP) is 5.45. The van der Waals surface area contributed by atoms with Gasteiger partial charge in [-0.05, 0) is 54.4 Å². The zero-order valence-corrected chi connectivity index (χ0v) is 21.6. The number of anilines is 1. The van der Waals surface area contributed by atoms with Crippen molar-refractivity contribution in [3.63, 3.8) is 0 Å². The van der Waals surface area contributed by atoms with Gasteiger partial charge in [0.05, 0.1) is 19.4 Å². The number of benzene rings is 2. The van der Waals surface area contributed by atoms with E-state index in [9.17, 15) is 22.8 Å². The van der Waals surface area contributed by atoms with Gasteiger partial charge in [-0.2, -0.15) is 5.10 Å². The Morgan fingerprint density at radius 2 is 1.85 bits per heavy atom. The van der Waals surface area contributed by atoms with Gasteiger partial charge in [-0.3, -0.25) is 9.59 Å². The molecule has 4 rings (SSSR count). The van der Waals surface area contributed by atoms with Crippen LogP contribution >= 0.6 is 11.6 Å². The molecule has 1 aliphatic rings. The Hall–Kier alpha value is -4.19. The van der Waals surface area contributed by atoms with Crippen LogP contribution in [0.5, 0.6) is 11.5 Å². The molecular formula is C26H23ClF3N5O4. The SMILES string of the molecule is CCC1CC(=O)N(Cc2ccc(NC(=O)c3ccc(Cl)nn3)cc2)N=C1c1ccc(OC)c(OC(F)(F)F)c1. The number of nitrogens with one attached hydrogen (secondary N) is 1. The third-order valence-corrected chi connectivity index (χ3v) is 6.11. The molecule has 3 aromatic rings.